The lowest BCUT2D eigenvalue weighted by molar-refractivity contribution is -0.156. The van der Waals surface area contributed by atoms with Crippen molar-refractivity contribution in [3.05, 3.63) is 64.4 Å². The van der Waals surface area contributed by atoms with Crippen molar-refractivity contribution >= 4 is 29.3 Å². The van der Waals surface area contributed by atoms with Crippen molar-refractivity contribution in [2.24, 2.45) is 5.92 Å². The summed E-state index contributed by atoms with van der Waals surface area (Å²) in [7, 11) is 0. The van der Waals surface area contributed by atoms with Gasteiger partial charge in [-0.3, -0.25) is 4.79 Å². The summed E-state index contributed by atoms with van der Waals surface area (Å²) < 4.78 is 5.27. The molecule has 2 heterocycles. The number of carbonyl (C=O) groups excluding carboxylic acids is 2. The summed E-state index contributed by atoms with van der Waals surface area (Å²) in [6.07, 6.45) is 5.35. The van der Waals surface area contributed by atoms with E-state index in [0.29, 0.717) is 5.92 Å². The highest BCUT2D eigenvalue weighted by Gasteiger charge is 2.27. The van der Waals surface area contributed by atoms with E-state index in [0.717, 1.165) is 37.9 Å². The third-order valence-corrected chi connectivity index (χ3v) is 5.59. The Morgan fingerprint density at radius 1 is 1.22 bits per heavy atom. The van der Waals surface area contributed by atoms with Gasteiger partial charge in [-0.1, -0.05) is 30.3 Å². The zero-order valence-corrected chi connectivity index (χ0v) is 16.4. The molecule has 3 rings (SSSR count). The molecule has 1 aromatic carbocycles. The molecule has 1 saturated heterocycles. The Hall–Kier alpha value is -2.40. The molecule has 5 heteroatoms. The van der Waals surface area contributed by atoms with Crippen LogP contribution in [-0.4, -0.2) is 36.0 Å². The van der Waals surface area contributed by atoms with Crippen LogP contribution in [0, 0.1) is 5.92 Å². The minimum absolute atomic E-state index is 0.106. The van der Waals surface area contributed by atoms with E-state index in [9.17, 15) is 9.59 Å². The summed E-state index contributed by atoms with van der Waals surface area (Å²) in [6.45, 7) is 3.10. The number of amides is 1. The molecule has 1 aromatic heterocycles. The second kappa shape index (κ2) is 9.51. The van der Waals surface area contributed by atoms with Crippen LogP contribution in [0.3, 0.4) is 0 Å². The number of likely N-dealkylation sites (tertiary alicyclic amines) is 1. The van der Waals surface area contributed by atoms with Gasteiger partial charge >= 0.3 is 5.97 Å². The lowest BCUT2D eigenvalue weighted by Gasteiger charge is -2.33. The van der Waals surface area contributed by atoms with Gasteiger partial charge in [-0.2, -0.15) is 11.3 Å². The predicted octanol–water partition coefficient (Wildman–Crippen LogP) is 4.17. The minimum atomic E-state index is -0.754. The first-order valence-electron chi connectivity index (χ1n) is 9.35. The molecule has 1 fully saturated rings. The third kappa shape index (κ3) is 5.79. The number of hydrogen-bond donors (Lipinski definition) is 0. The highest BCUT2D eigenvalue weighted by Crippen LogP contribution is 2.22. The molecule has 142 valence electrons. The minimum Gasteiger partial charge on any atom is -0.449 e. The van der Waals surface area contributed by atoms with E-state index < -0.39 is 12.1 Å². The summed E-state index contributed by atoms with van der Waals surface area (Å²) in [5.74, 6) is 0.00862. The van der Waals surface area contributed by atoms with Gasteiger partial charge in [0.25, 0.3) is 5.91 Å². The molecule has 0 spiro atoms. The molecular weight excluding hydrogens is 358 g/mol. The fourth-order valence-electron chi connectivity index (χ4n) is 3.36. The van der Waals surface area contributed by atoms with Crippen LogP contribution in [0.2, 0.25) is 0 Å². The van der Waals surface area contributed by atoms with Crippen molar-refractivity contribution in [1.82, 2.24) is 4.90 Å². The fourth-order valence-corrected chi connectivity index (χ4v) is 3.99. The number of benzene rings is 1. The van der Waals surface area contributed by atoms with Crippen molar-refractivity contribution < 1.29 is 14.3 Å². The number of hydrogen-bond acceptors (Lipinski definition) is 4. The van der Waals surface area contributed by atoms with E-state index in [1.165, 1.54) is 11.6 Å². The maximum atomic E-state index is 12.6. The lowest BCUT2D eigenvalue weighted by Crippen LogP contribution is -2.44. The predicted molar refractivity (Wildman–Crippen MR) is 108 cm³/mol. The summed E-state index contributed by atoms with van der Waals surface area (Å²) in [5, 5.41) is 3.89. The van der Waals surface area contributed by atoms with Gasteiger partial charge in [0.15, 0.2) is 6.10 Å². The van der Waals surface area contributed by atoms with Crippen LogP contribution in [-0.2, 0) is 20.7 Å². The molecule has 0 unspecified atom stereocenters. The van der Waals surface area contributed by atoms with Gasteiger partial charge in [0.1, 0.15) is 0 Å². The molecule has 0 saturated carbocycles. The molecule has 4 nitrogen and oxygen atoms in total. The Balaban J connectivity index is 1.43. The van der Waals surface area contributed by atoms with Crippen LogP contribution in [0.1, 0.15) is 30.9 Å². The Kier molecular flexibility index (Phi) is 6.82. The first kappa shape index (κ1) is 19.4. The topological polar surface area (TPSA) is 46.6 Å². The number of thiophene rings is 1. The summed E-state index contributed by atoms with van der Waals surface area (Å²) in [4.78, 5) is 26.3. The van der Waals surface area contributed by atoms with Crippen LogP contribution in [0.5, 0.6) is 0 Å². The second-order valence-corrected chi connectivity index (χ2v) is 7.71. The lowest BCUT2D eigenvalue weighted by atomic mass is 9.90. The Morgan fingerprint density at radius 2 is 1.96 bits per heavy atom. The van der Waals surface area contributed by atoms with Crippen LogP contribution in [0.25, 0.3) is 6.08 Å². The van der Waals surface area contributed by atoms with Gasteiger partial charge in [0.05, 0.1) is 0 Å². The smallest absolute Gasteiger partial charge is 0.331 e. The van der Waals surface area contributed by atoms with Crippen molar-refractivity contribution in [3.8, 4) is 0 Å². The Morgan fingerprint density at radius 3 is 2.63 bits per heavy atom. The fraction of sp³-hybridized carbons (Fsp3) is 0.364. The summed E-state index contributed by atoms with van der Waals surface area (Å²) in [5.41, 5.74) is 2.30. The SMILES string of the molecule is C[C@@H](OC(=O)/C=C/c1ccsc1)C(=O)N1CCC(Cc2ccccc2)CC1. The van der Waals surface area contributed by atoms with E-state index in [1.54, 1.807) is 24.3 Å². The molecule has 0 N–H and O–H groups in total. The van der Waals surface area contributed by atoms with Gasteiger partial charge < -0.3 is 9.64 Å². The molecule has 1 aliphatic heterocycles. The highest BCUT2D eigenvalue weighted by atomic mass is 32.1. The quantitative estimate of drug-likeness (QED) is 0.555. The van der Waals surface area contributed by atoms with E-state index in [2.05, 4.69) is 24.3 Å². The first-order chi connectivity index (χ1) is 13.1. The Labute approximate surface area is 164 Å². The zero-order valence-electron chi connectivity index (χ0n) is 15.5. The molecule has 0 bridgehead atoms. The standard InChI is InChI=1S/C22H25NO3S/c1-17(26-21(24)8-7-20-11-14-27-16-20)22(25)23-12-9-19(10-13-23)15-18-5-3-2-4-6-18/h2-8,11,14,16-17,19H,9-10,12-13,15H2,1H3/b8-7+/t17-/m1/s1. The second-order valence-electron chi connectivity index (χ2n) is 6.93. The van der Waals surface area contributed by atoms with Gasteiger partial charge in [-0.05, 0) is 66.1 Å². The van der Waals surface area contributed by atoms with Gasteiger partial charge in [-0.25, -0.2) is 4.79 Å². The van der Waals surface area contributed by atoms with Gasteiger partial charge in [-0.15, -0.1) is 0 Å². The van der Waals surface area contributed by atoms with Crippen LogP contribution in [0.4, 0.5) is 0 Å². The Bertz CT molecular complexity index is 762. The normalized spacial score (nSPS) is 16.4. The molecule has 2 aromatic rings. The summed E-state index contributed by atoms with van der Waals surface area (Å²) >= 11 is 1.57. The number of ether oxygens (including phenoxy) is 1. The monoisotopic (exact) mass is 383 g/mol. The van der Waals surface area contributed by atoms with E-state index in [-0.39, 0.29) is 5.91 Å². The number of piperidine rings is 1. The highest BCUT2D eigenvalue weighted by molar-refractivity contribution is 7.08. The molecule has 1 aliphatic rings. The molecule has 1 atom stereocenters. The van der Waals surface area contributed by atoms with Crippen molar-refractivity contribution in [2.75, 3.05) is 13.1 Å². The average molecular weight is 384 g/mol. The van der Waals surface area contributed by atoms with Crippen LogP contribution < -0.4 is 0 Å². The van der Waals surface area contributed by atoms with Crippen LogP contribution in [0.15, 0.2) is 53.2 Å². The first-order valence-corrected chi connectivity index (χ1v) is 10.3. The number of rotatable bonds is 6. The number of esters is 1. The average Bonchev–Trinajstić information content (AvgIpc) is 3.21. The summed E-state index contributed by atoms with van der Waals surface area (Å²) in [6, 6.07) is 12.4. The van der Waals surface area contributed by atoms with Crippen molar-refractivity contribution in [1.29, 1.82) is 0 Å². The van der Waals surface area contributed by atoms with Gasteiger partial charge in [0.2, 0.25) is 0 Å². The molecule has 0 radical (unpaired) electrons. The van der Waals surface area contributed by atoms with E-state index >= 15 is 0 Å². The number of carbonyl (C=O) groups is 2. The maximum absolute atomic E-state index is 12.6. The van der Waals surface area contributed by atoms with E-state index in [1.807, 2.05) is 27.8 Å². The number of nitrogens with zero attached hydrogens (tertiary/aromatic N) is 1. The van der Waals surface area contributed by atoms with E-state index in [4.69, 9.17) is 4.74 Å². The zero-order chi connectivity index (χ0) is 19.1. The molecular formula is C22H25NO3S. The largest absolute Gasteiger partial charge is 0.449 e. The van der Waals surface area contributed by atoms with Gasteiger partial charge in [0, 0.05) is 19.2 Å². The molecule has 27 heavy (non-hydrogen) atoms. The van der Waals surface area contributed by atoms with Crippen molar-refractivity contribution in [3.63, 3.8) is 0 Å². The third-order valence-electron chi connectivity index (χ3n) is 4.89. The maximum Gasteiger partial charge on any atom is 0.331 e. The molecule has 1 amide bonds. The van der Waals surface area contributed by atoms with Crippen molar-refractivity contribution in [2.45, 2.75) is 32.3 Å². The van der Waals surface area contributed by atoms with Crippen LogP contribution >= 0.6 is 11.3 Å². The molecule has 0 aliphatic carbocycles.